The summed E-state index contributed by atoms with van der Waals surface area (Å²) in [7, 11) is 1.77. The maximum Gasteiger partial charge on any atom is 0.305 e. The monoisotopic (exact) mass is 445 g/mol. The maximum absolute atomic E-state index is 11.3. The van der Waals surface area contributed by atoms with E-state index in [1.165, 1.54) is 18.4 Å². The largest absolute Gasteiger partial charge is 0.466 e. The van der Waals surface area contributed by atoms with E-state index in [0.717, 1.165) is 18.9 Å². The highest BCUT2D eigenvalue weighted by Gasteiger charge is 2.43. The van der Waals surface area contributed by atoms with Crippen LogP contribution in [0.3, 0.4) is 0 Å². The van der Waals surface area contributed by atoms with Gasteiger partial charge in [0.1, 0.15) is 0 Å². The van der Waals surface area contributed by atoms with Crippen LogP contribution in [0, 0.1) is 0 Å². The summed E-state index contributed by atoms with van der Waals surface area (Å²) < 4.78 is 4.91. The molecule has 134 valence electrons. The van der Waals surface area contributed by atoms with Crippen molar-refractivity contribution in [3.8, 4) is 0 Å². The molecule has 0 unspecified atom stereocenters. The van der Waals surface area contributed by atoms with E-state index in [1.807, 2.05) is 6.92 Å². The quantitative estimate of drug-likeness (QED) is 0.213. The van der Waals surface area contributed by atoms with Gasteiger partial charge in [-0.05, 0) is 31.7 Å². The molecule has 0 radical (unpaired) electrons. The zero-order valence-electron chi connectivity index (χ0n) is 14.5. The Hall–Kier alpha value is -1.31. The Morgan fingerprint density at radius 2 is 1.96 bits per heavy atom. The van der Waals surface area contributed by atoms with Crippen molar-refractivity contribution in [2.24, 2.45) is 4.99 Å². The van der Waals surface area contributed by atoms with Crippen molar-refractivity contribution >= 4 is 35.9 Å². The van der Waals surface area contributed by atoms with Gasteiger partial charge >= 0.3 is 5.97 Å². The Bertz CT molecular complexity index is 530. The molecule has 1 aliphatic carbocycles. The highest BCUT2D eigenvalue weighted by molar-refractivity contribution is 14.0. The standard InChI is InChI=1S/C18H27N3O2.HI/c1-3-23-16(22)10-7-13-20-17(19-2)21-14-18(11-12-18)15-8-5-4-6-9-15;/h4-6,8-9H,3,7,10-14H2,1-2H3,(H2,19,20,21);1H. The van der Waals surface area contributed by atoms with Crippen molar-refractivity contribution < 1.29 is 9.53 Å². The first kappa shape index (κ1) is 20.7. The number of hydrogen-bond acceptors (Lipinski definition) is 3. The second-order valence-electron chi connectivity index (χ2n) is 5.91. The summed E-state index contributed by atoms with van der Waals surface area (Å²) in [5, 5.41) is 6.66. The van der Waals surface area contributed by atoms with Crippen LogP contribution in [0.25, 0.3) is 0 Å². The van der Waals surface area contributed by atoms with E-state index < -0.39 is 0 Å². The van der Waals surface area contributed by atoms with Crippen molar-refractivity contribution in [1.82, 2.24) is 10.6 Å². The molecule has 5 nitrogen and oxygen atoms in total. The van der Waals surface area contributed by atoms with Crippen LogP contribution >= 0.6 is 24.0 Å². The topological polar surface area (TPSA) is 62.7 Å². The van der Waals surface area contributed by atoms with Gasteiger partial charge in [-0.2, -0.15) is 0 Å². The lowest BCUT2D eigenvalue weighted by Gasteiger charge is -2.19. The van der Waals surface area contributed by atoms with Gasteiger partial charge in [0.15, 0.2) is 5.96 Å². The number of aliphatic imine (C=N–C) groups is 1. The van der Waals surface area contributed by atoms with Gasteiger partial charge in [0.2, 0.25) is 0 Å². The number of carbonyl (C=O) groups is 1. The SMILES string of the molecule is CCOC(=O)CCCNC(=NC)NCC1(c2ccccc2)CC1.I. The molecule has 1 aromatic rings. The zero-order chi connectivity index (χ0) is 16.5. The molecule has 1 aliphatic rings. The fourth-order valence-corrected chi connectivity index (χ4v) is 2.66. The van der Waals surface area contributed by atoms with Gasteiger partial charge in [-0.15, -0.1) is 24.0 Å². The summed E-state index contributed by atoms with van der Waals surface area (Å²) in [6.07, 6.45) is 3.60. The van der Waals surface area contributed by atoms with Crippen LogP contribution in [-0.4, -0.2) is 38.7 Å². The molecule has 0 spiro atoms. The summed E-state index contributed by atoms with van der Waals surface area (Å²) in [6, 6.07) is 10.6. The van der Waals surface area contributed by atoms with E-state index >= 15 is 0 Å². The molecule has 2 rings (SSSR count). The third-order valence-corrected chi connectivity index (χ3v) is 4.21. The molecule has 0 amide bonds. The highest BCUT2D eigenvalue weighted by atomic mass is 127. The molecule has 1 aromatic carbocycles. The first-order valence-corrected chi connectivity index (χ1v) is 8.36. The number of esters is 1. The molecule has 1 fully saturated rings. The predicted molar refractivity (Wildman–Crippen MR) is 108 cm³/mol. The van der Waals surface area contributed by atoms with Gasteiger partial charge in [-0.3, -0.25) is 9.79 Å². The molecule has 0 atom stereocenters. The molecule has 24 heavy (non-hydrogen) atoms. The Balaban J connectivity index is 0.00000288. The van der Waals surface area contributed by atoms with Crippen LogP contribution in [-0.2, 0) is 14.9 Å². The fraction of sp³-hybridized carbons (Fsp3) is 0.556. The summed E-state index contributed by atoms with van der Waals surface area (Å²) in [6.45, 7) is 3.85. The third kappa shape index (κ3) is 6.30. The first-order valence-electron chi connectivity index (χ1n) is 8.36. The Morgan fingerprint density at radius 1 is 1.25 bits per heavy atom. The minimum atomic E-state index is -0.141. The lowest BCUT2D eigenvalue weighted by molar-refractivity contribution is -0.143. The molecule has 0 aromatic heterocycles. The van der Waals surface area contributed by atoms with E-state index in [2.05, 4.69) is 46.0 Å². The molecule has 0 aliphatic heterocycles. The molecular formula is C18H28IN3O2. The minimum Gasteiger partial charge on any atom is -0.466 e. The first-order chi connectivity index (χ1) is 11.2. The number of nitrogens with zero attached hydrogens (tertiary/aromatic N) is 1. The number of halogens is 1. The molecule has 6 heteroatoms. The van der Waals surface area contributed by atoms with Gasteiger partial charge in [-0.1, -0.05) is 30.3 Å². The summed E-state index contributed by atoms with van der Waals surface area (Å²) in [5.74, 6) is 0.648. The van der Waals surface area contributed by atoms with Gasteiger partial charge in [-0.25, -0.2) is 0 Å². The normalized spacial score (nSPS) is 15.2. The molecular weight excluding hydrogens is 417 g/mol. The molecule has 1 saturated carbocycles. The number of carbonyl (C=O) groups excluding carboxylic acids is 1. The van der Waals surface area contributed by atoms with Crippen molar-refractivity contribution in [3.63, 3.8) is 0 Å². The number of hydrogen-bond donors (Lipinski definition) is 2. The van der Waals surface area contributed by atoms with E-state index in [9.17, 15) is 4.79 Å². The van der Waals surface area contributed by atoms with Gasteiger partial charge in [0.05, 0.1) is 6.61 Å². The van der Waals surface area contributed by atoms with Crippen LogP contribution < -0.4 is 10.6 Å². The summed E-state index contributed by atoms with van der Waals surface area (Å²) in [4.78, 5) is 15.5. The van der Waals surface area contributed by atoms with Crippen molar-refractivity contribution in [3.05, 3.63) is 35.9 Å². The Labute approximate surface area is 161 Å². The molecule has 0 saturated heterocycles. The predicted octanol–water partition coefficient (Wildman–Crippen LogP) is 2.84. The second-order valence-corrected chi connectivity index (χ2v) is 5.91. The van der Waals surface area contributed by atoms with E-state index in [-0.39, 0.29) is 35.4 Å². The lowest BCUT2D eigenvalue weighted by Crippen LogP contribution is -2.41. The van der Waals surface area contributed by atoms with Crippen molar-refractivity contribution in [2.45, 2.75) is 38.0 Å². The highest BCUT2D eigenvalue weighted by Crippen LogP contribution is 2.47. The average molecular weight is 445 g/mol. The van der Waals surface area contributed by atoms with Crippen LogP contribution in [0.5, 0.6) is 0 Å². The number of nitrogens with one attached hydrogen (secondary N) is 2. The van der Waals surface area contributed by atoms with Gasteiger partial charge < -0.3 is 15.4 Å². The van der Waals surface area contributed by atoms with Crippen molar-refractivity contribution in [2.75, 3.05) is 26.7 Å². The minimum absolute atomic E-state index is 0. The van der Waals surface area contributed by atoms with Crippen LogP contribution in [0.1, 0.15) is 38.2 Å². The summed E-state index contributed by atoms with van der Waals surface area (Å²) >= 11 is 0. The van der Waals surface area contributed by atoms with Crippen LogP contribution in [0.15, 0.2) is 35.3 Å². The Kier molecular flexibility index (Phi) is 9.10. The number of guanidine groups is 1. The fourth-order valence-electron chi connectivity index (χ4n) is 2.66. The number of rotatable bonds is 8. The van der Waals surface area contributed by atoms with Crippen LogP contribution in [0.2, 0.25) is 0 Å². The number of benzene rings is 1. The third-order valence-electron chi connectivity index (χ3n) is 4.21. The Morgan fingerprint density at radius 3 is 2.54 bits per heavy atom. The lowest BCUT2D eigenvalue weighted by atomic mass is 9.96. The molecule has 2 N–H and O–H groups in total. The van der Waals surface area contributed by atoms with Crippen LogP contribution in [0.4, 0.5) is 0 Å². The van der Waals surface area contributed by atoms with Gasteiger partial charge in [0, 0.05) is 32.0 Å². The van der Waals surface area contributed by atoms with E-state index in [0.29, 0.717) is 19.6 Å². The molecule has 0 heterocycles. The maximum atomic E-state index is 11.3. The summed E-state index contributed by atoms with van der Waals surface area (Å²) in [5.41, 5.74) is 1.65. The zero-order valence-corrected chi connectivity index (χ0v) is 16.8. The average Bonchev–Trinajstić information content (AvgIpc) is 3.36. The van der Waals surface area contributed by atoms with Gasteiger partial charge in [0.25, 0.3) is 0 Å². The second kappa shape index (κ2) is 10.5. The molecule has 0 bridgehead atoms. The van der Waals surface area contributed by atoms with E-state index in [4.69, 9.17) is 4.74 Å². The number of ether oxygens (including phenoxy) is 1. The smallest absolute Gasteiger partial charge is 0.305 e. The van der Waals surface area contributed by atoms with Crippen molar-refractivity contribution in [1.29, 1.82) is 0 Å². The van der Waals surface area contributed by atoms with E-state index in [1.54, 1.807) is 7.05 Å².